The van der Waals surface area contributed by atoms with Crippen molar-refractivity contribution in [2.45, 2.75) is 25.7 Å². The molecular weight excluding hydrogens is 435 g/mol. The van der Waals surface area contributed by atoms with Crippen LogP contribution in [0.5, 0.6) is 0 Å². The number of fused-ring (bicyclic) bond motifs is 1. The van der Waals surface area contributed by atoms with Crippen molar-refractivity contribution < 1.29 is 22.0 Å². The van der Waals surface area contributed by atoms with Gasteiger partial charge in [-0.1, -0.05) is 6.42 Å². The second-order valence-electron chi connectivity index (χ2n) is 7.55. The van der Waals surface area contributed by atoms with E-state index < -0.39 is 15.8 Å². The quantitative estimate of drug-likeness (QED) is 0.472. The highest BCUT2D eigenvalue weighted by molar-refractivity contribution is 7.92. The van der Waals surface area contributed by atoms with Gasteiger partial charge in [0.15, 0.2) is 0 Å². The van der Waals surface area contributed by atoms with Gasteiger partial charge in [0.1, 0.15) is 17.4 Å². The van der Waals surface area contributed by atoms with E-state index in [0.29, 0.717) is 29.5 Å². The number of sulfonamides is 1. The lowest BCUT2D eigenvalue weighted by atomic mass is 10.0. The first-order valence-electron chi connectivity index (χ1n) is 10.3. The summed E-state index contributed by atoms with van der Waals surface area (Å²) in [5.74, 6) is -0.319. The van der Waals surface area contributed by atoms with Crippen LogP contribution in [0.4, 0.5) is 10.2 Å². The lowest BCUT2D eigenvalue weighted by Gasteiger charge is -2.19. The van der Waals surface area contributed by atoms with Gasteiger partial charge >= 0.3 is 0 Å². The molecule has 3 N–H and O–H groups in total. The highest BCUT2D eigenvalue weighted by Crippen LogP contribution is 2.36. The summed E-state index contributed by atoms with van der Waals surface area (Å²) in [6.45, 7) is 0.580. The van der Waals surface area contributed by atoms with Crippen LogP contribution < -0.4 is 15.4 Å². The Hall–Kier alpha value is -2.98. The van der Waals surface area contributed by atoms with Gasteiger partial charge in [0.2, 0.25) is 15.7 Å². The molecule has 32 heavy (non-hydrogen) atoms. The molecule has 0 radical (unpaired) electrons. The number of hydrogen-bond donors (Lipinski definition) is 2. The normalized spacial score (nSPS) is 11.7. The molecule has 8 nitrogen and oxygen atoms in total. The molecule has 0 unspecified atom stereocenters. The SMILES string of the molecule is CNC(=O)c1c(-c2ccc(F)cc2)oc2nc(N(C)S(C)(=O)=O)c(CCCCCN)cc12. The average molecular weight is 463 g/mol. The number of unbranched alkanes of at least 4 members (excludes halogenated alkanes) is 2. The number of pyridine rings is 1. The van der Waals surface area contributed by atoms with Crippen LogP contribution >= 0.6 is 0 Å². The fraction of sp³-hybridized carbons (Fsp3) is 0.364. The third kappa shape index (κ3) is 4.91. The summed E-state index contributed by atoms with van der Waals surface area (Å²) in [5, 5.41) is 3.06. The first-order valence-corrected chi connectivity index (χ1v) is 12.1. The molecule has 3 rings (SSSR count). The molecule has 0 aliphatic rings. The number of rotatable bonds is 9. The van der Waals surface area contributed by atoms with Crippen LogP contribution in [0.25, 0.3) is 22.4 Å². The standard InChI is InChI=1S/C22H27FN4O4S/c1-25-21(28)18-17-13-15(7-5-4-6-12-24)20(27(2)32(3,29)30)26-22(17)31-19(18)14-8-10-16(23)11-9-14/h8-11,13H,4-7,12,24H2,1-3H3,(H,25,28). The lowest BCUT2D eigenvalue weighted by molar-refractivity contribution is 0.0964. The van der Waals surface area contributed by atoms with Crippen molar-refractivity contribution in [1.29, 1.82) is 0 Å². The Morgan fingerprint density at radius 2 is 1.91 bits per heavy atom. The van der Waals surface area contributed by atoms with E-state index in [1.54, 1.807) is 6.07 Å². The van der Waals surface area contributed by atoms with Gasteiger partial charge in [0.05, 0.1) is 17.2 Å². The van der Waals surface area contributed by atoms with Gasteiger partial charge in [-0.05, 0) is 61.7 Å². The number of halogens is 1. The topological polar surface area (TPSA) is 119 Å². The number of aryl methyl sites for hydroxylation is 1. The van der Waals surface area contributed by atoms with Crippen LogP contribution in [0.2, 0.25) is 0 Å². The summed E-state index contributed by atoms with van der Waals surface area (Å²) in [7, 11) is -0.646. The number of nitrogens with one attached hydrogen (secondary N) is 1. The molecule has 3 aromatic rings. The van der Waals surface area contributed by atoms with E-state index in [9.17, 15) is 17.6 Å². The van der Waals surface area contributed by atoms with E-state index >= 15 is 0 Å². The summed E-state index contributed by atoms with van der Waals surface area (Å²) in [4.78, 5) is 17.2. The van der Waals surface area contributed by atoms with Crippen molar-refractivity contribution in [3.63, 3.8) is 0 Å². The molecule has 1 amide bonds. The van der Waals surface area contributed by atoms with Crippen LogP contribution in [-0.2, 0) is 16.4 Å². The maximum absolute atomic E-state index is 13.4. The minimum absolute atomic E-state index is 0.124. The first-order chi connectivity index (χ1) is 15.2. The Morgan fingerprint density at radius 1 is 1.22 bits per heavy atom. The average Bonchev–Trinajstić information content (AvgIpc) is 3.13. The van der Waals surface area contributed by atoms with Crippen molar-refractivity contribution in [2.24, 2.45) is 5.73 Å². The van der Waals surface area contributed by atoms with E-state index in [2.05, 4.69) is 10.3 Å². The second kappa shape index (κ2) is 9.66. The molecule has 2 aromatic heterocycles. The number of nitrogens with zero attached hydrogens (tertiary/aromatic N) is 2. The van der Waals surface area contributed by atoms with Gasteiger partial charge in [-0.25, -0.2) is 12.8 Å². The van der Waals surface area contributed by atoms with E-state index in [4.69, 9.17) is 10.2 Å². The Kier molecular flexibility index (Phi) is 7.15. The van der Waals surface area contributed by atoms with Crippen molar-refractivity contribution >= 4 is 32.8 Å². The molecular formula is C22H27FN4O4S. The summed E-state index contributed by atoms with van der Waals surface area (Å²) in [6, 6.07) is 7.32. The van der Waals surface area contributed by atoms with Gasteiger partial charge in [-0.2, -0.15) is 4.98 Å². The smallest absolute Gasteiger partial charge is 0.255 e. The lowest BCUT2D eigenvalue weighted by Crippen LogP contribution is -2.27. The highest BCUT2D eigenvalue weighted by atomic mass is 32.2. The number of carbonyl (C=O) groups excluding carboxylic acids is 1. The fourth-order valence-electron chi connectivity index (χ4n) is 3.46. The molecule has 0 saturated carbocycles. The molecule has 172 valence electrons. The molecule has 0 saturated heterocycles. The van der Waals surface area contributed by atoms with E-state index in [-0.39, 0.29) is 28.8 Å². The van der Waals surface area contributed by atoms with E-state index in [1.807, 2.05) is 0 Å². The van der Waals surface area contributed by atoms with Crippen LogP contribution in [0.15, 0.2) is 34.7 Å². The van der Waals surface area contributed by atoms with Gasteiger partial charge in [0, 0.05) is 19.7 Å². The zero-order valence-electron chi connectivity index (χ0n) is 18.3. The minimum Gasteiger partial charge on any atom is -0.437 e. The molecule has 1 aromatic carbocycles. The predicted octanol–water partition coefficient (Wildman–Crippen LogP) is 3.06. The van der Waals surface area contributed by atoms with Crippen LogP contribution in [0.1, 0.15) is 35.2 Å². The predicted molar refractivity (Wildman–Crippen MR) is 123 cm³/mol. The summed E-state index contributed by atoms with van der Waals surface area (Å²) in [6.07, 6.45) is 4.18. The summed E-state index contributed by atoms with van der Waals surface area (Å²) < 4.78 is 44.9. The Balaban J connectivity index is 2.23. The Bertz CT molecular complexity index is 1220. The molecule has 0 aliphatic carbocycles. The highest BCUT2D eigenvalue weighted by Gasteiger charge is 2.26. The van der Waals surface area contributed by atoms with Crippen molar-refractivity contribution in [2.75, 3.05) is 31.2 Å². The number of hydrogen-bond acceptors (Lipinski definition) is 6. The number of nitrogens with two attached hydrogens (primary N) is 1. The second-order valence-corrected chi connectivity index (χ2v) is 9.56. The van der Waals surface area contributed by atoms with Gasteiger partial charge in [0.25, 0.3) is 5.91 Å². The van der Waals surface area contributed by atoms with Gasteiger partial charge in [-0.3, -0.25) is 9.10 Å². The maximum atomic E-state index is 13.4. The monoisotopic (exact) mass is 462 g/mol. The van der Waals surface area contributed by atoms with Crippen molar-refractivity contribution in [1.82, 2.24) is 10.3 Å². The minimum atomic E-state index is -3.58. The number of benzene rings is 1. The zero-order chi connectivity index (χ0) is 23.5. The number of carbonyl (C=O) groups is 1. The van der Waals surface area contributed by atoms with Crippen molar-refractivity contribution in [3.8, 4) is 11.3 Å². The molecule has 0 bridgehead atoms. The van der Waals surface area contributed by atoms with Crippen LogP contribution in [0.3, 0.4) is 0 Å². The zero-order valence-corrected chi connectivity index (χ0v) is 19.1. The largest absolute Gasteiger partial charge is 0.437 e. The molecule has 0 aliphatic heterocycles. The Labute approximate surface area is 186 Å². The third-order valence-corrected chi connectivity index (χ3v) is 6.41. The number of anilines is 1. The third-order valence-electron chi connectivity index (χ3n) is 5.25. The molecule has 2 heterocycles. The van der Waals surface area contributed by atoms with E-state index in [1.165, 1.54) is 38.4 Å². The molecule has 10 heteroatoms. The number of aromatic nitrogens is 1. The van der Waals surface area contributed by atoms with Crippen molar-refractivity contribution in [3.05, 3.63) is 47.3 Å². The number of furan rings is 1. The summed E-state index contributed by atoms with van der Waals surface area (Å²) in [5.41, 5.74) is 7.14. The maximum Gasteiger partial charge on any atom is 0.255 e. The molecule has 0 fully saturated rings. The fourth-order valence-corrected chi connectivity index (χ4v) is 3.93. The van der Waals surface area contributed by atoms with Crippen LogP contribution in [-0.4, -0.2) is 46.2 Å². The first kappa shape index (κ1) is 23.7. The number of amides is 1. The molecule has 0 spiro atoms. The van der Waals surface area contributed by atoms with Gasteiger partial charge < -0.3 is 15.5 Å². The van der Waals surface area contributed by atoms with Gasteiger partial charge in [-0.15, -0.1) is 0 Å². The van der Waals surface area contributed by atoms with E-state index in [0.717, 1.165) is 29.8 Å². The molecule has 0 atom stereocenters. The Morgan fingerprint density at radius 3 is 2.50 bits per heavy atom. The summed E-state index contributed by atoms with van der Waals surface area (Å²) >= 11 is 0. The van der Waals surface area contributed by atoms with Crippen LogP contribution in [0, 0.1) is 5.82 Å².